The molecule has 0 radical (unpaired) electrons. The predicted molar refractivity (Wildman–Crippen MR) is 99.4 cm³/mol. The summed E-state index contributed by atoms with van der Waals surface area (Å²) in [7, 11) is 0. The van der Waals surface area contributed by atoms with Crippen LogP contribution in [0.3, 0.4) is 0 Å². The maximum Gasteiger partial charge on any atom is 0.224 e. The molecule has 0 spiro atoms. The lowest BCUT2D eigenvalue weighted by Gasteiger charge is -2.25. The number of hydrogen-bond acceptors (Lipinski definition) is 1. The highest BCUT2D eigenvalue weighted by Crippen LogP contribution is 2.31. The second-order valence-electron chi connectivity index (χ2n) is 6.86. The fraction of sp³-hybridized carbons (Fsp3) is 0.250. The van der Waals surface area contributed by atoms with E-state index in [2.05, 4.69) is 24.1 Å². The van der Waals surface area contributed by atoms with Crippen molar-refractivity contribution in [1.82, 2.24) is 10.3 Å². The lowest BCUT2D eigenvalue weighted by molar-refractivity contribution is -0.120. The molecule has 0 aliphatic rings. The molecule has 0 aliphatic carbocycles. The third-order valence-electron chi connectivity index (χ3n) is 4.35. The molecule has 0 aliphatic heterocycles. The molecule has 2 aromatic carbocycles. The first kappa shape index (κ1) is 17.5. The molecule has 0 bridgehead atoms. The van der Waals surface area contributed by atoms with E-state index in [1.165, 1.54) is 12.1 Å². The Bertz CT molecular complexity index is 917. The minimum Gasteiger partial charge on any atom is -0.361 e. The van der Waals surface area contributed by atoms with Crippen molar-refractivity contribution in [2.75, 3.05) is 6.54 Å². The van der Waals surface area contributed by atoms with Gasteiger partial charge in [-0.3, -0.25) is 4.79 Å². The van der Waals surface area contributed by atoms with Crippen molar-refractivity contribution in [2.45, 2.75) is 25.7 Å². The fourth-order valence-electron chi connectivity index (χ4n) is 2.97. The first-order valence-electron chi connectivity index (χ1n) is 8.13. The number of benzene rings is 2. The van der Waals surface area contributed by atoms with Gasteiger partial charge in [0.25, 0.3) is 0 Å². The van der Waals surface area contributed by atoms with Crippen LogP contribution in [0.15, 0.2) is 48.7 Å². The molecule has 130 valence electrons. The van der Waals surface area contributed by atoms with Gasteiger partial charge in [0.15, 0.2) is 0 Å². The van der Waals surface area contributed by atoms with Gasteiger partial charge < -0.3 is 10.3 Å². The number of fused-ring (bicyclic) bond motifs is 1. The highest BCUT2D eigenvalue weighted by Gasteiger charge is 2.24. The van der Waals surface area contributed by atoms with Gasteiger partial charge in [-0.25, -0.2) is 4.39 Å². The summed E-state index contributed by atoms with van der Waals surface area (Å²) in [6, 6.07) is 11.8. The lowest BCUT2D eigenvalue weighted by atomic mass is 9.84. The molecule has 1 amide bonds. The summed E-state index contributed by atoms with van der Waals surface area (Å²) in [5, 5.41) is 4.73. The Morgan fingerprint density at radius 1 is 1.24 bits per heavy atom. The Morgan fingerprint density at radius 3 is 2.80 bits per heavy atom. The Labute approximate surface area is 151 Å². The van der Waals surface area contributed by atoms with E-state index >= 15 is 0 Å². The summed E-state index contributed by atoms with van der Waals surface area (Å²) in [6.07, 6.45) is 2.12. The molecule has 3 rings (SSSR count). The normalized spacial score (nSPS) is 11.7. The monoisotopic (exact) mass is 358 g/mol. The van der Waals surface area contributed by atoms with E-state index in [1.807, 2.05) is 24.4 Å². The van der Waals surface area contributed by atoms with Crippen LogP contribution < -0.4 is 5.32 Å². The Hall–Kier alpha value is -2.33. The van der Waals surface area contributed by atoms with Crippen molar-refractivity contribution < 1.29 is 9.18 Å². The van der Waals surface area contributed by atoms with Gasteiger partial charge in [0.05, 0.1) is 6.42 Å². The zero-order valence-electron chi connectivity index (χ0n) is 14.2. The van der Waals surface area contributed by atoms with Crippen LogP contribution in [0.4, 0.5) is 4.39 Å². The van der Waals surface area contributed by atoms with Crippen LogP contribution in [0.25, 0.3) is 10.9 Å². The van der Waals surface area contributed by atoms with Crippen molar-refractivity contribution in [3.05, 3.63) is 70.6 Å². The van der Waals surface area contributed by atoms with Crippen molar-refractivity contribution in [1.29, 1.82) is 0 Å². The van der Waals surface area contributed by atoms with E-state index in [-0.39, 0.29) is 23.6 Å². The average molecular weight is 359 g/mol. The highest BCUT2D eigenvalue weighted by molar-refractivity contribution is 6.31. The Kier molecular flexibility index (Phi) is 4.82. The molecule has 0 fully saturated rings. The third-order valence-corrected chi connectivity index (χ3v) is 4.59. The number of aromatic amines is 1. The number of nitrogens with one attached hydrogen (secondary N) is 2. The van der Waals surface area contributed by atoms with E-state index in [0.717, 1.165) is 16.5 Å². The van der Waals surface area contributed by atoms with Gasteiger partial charge in [-0.1, -0.05) is 43.6 Å². The van der Waals surface area contributed by atoms with Gasteiger partial charge in [-0.05, 0) is 35.4 Å². The van der Waals surface area contributed by atoms with Crippen LogP contribution >= 0.6 is 11.6 Å². The maximum absolute atomic E-state index is 13.2. The van der Waals surface area contributed by atoms with Crippen molar-refractivity contribution in [2.24, 2.45) is 0 Å². The fourth-order valence-corrected chi connectivity index (χ4v) is 3.14. The summed E-state index contributed by atoms with van der Waals surface area (Å²) >= 11 is 6.03. The number of hydrogen-bond donors (Lipinski definition) is 2. The zero-order valence-corrected chi connectivity index (χ0v) is 15.0. The number of carbonyl (C=O) groups is 1. The Balaban J connectivity index is 1.69. The first-order valence-corrected chi connectivity index (χ1v) is 8.51. The number of aromatic nitrogens is 1. The number of H-pyrrole nitrogens is 1. The van der Waals surface area contributed by atoms with E-state index in [4.69, 9.17) is 11.6 Å². The number of rotatable bonds is 5. The molecule has 5 heteroatoms. The van der Waals surface area contributed by atoms with Crippen molar-refractivity contribution in [3.63, 3.8) is 0 Å². The van der Waals surface area contributed by atoms with Crippen LogP contribution in [0.1, 0.15) is 25.0 Å². The van der Waals surface area contributed by atoms with Gasteiger partial charge in [0, 0.05) is 34.1 Å². The second kappa shape index (κ2) is 6.89. The third kappa shape index (κ3) is 4.02. The largest absolute Gasteiger partial charge is 0.361 e. The molecular formula is C20H20ClFN2O. The number of halogens is 2. The summed E-state index contributed by atoms with van der Waals surface area (Å²) in [4.78, 5) is 15.4. The molecule has 2 N–H and O–H groups in total. The van der Waals surface area contributed by atoms with Crippen LogP contribution in [0, 0.1) is 5.82 Å². The van der Waals surface area contributed by atoms with Crippen molar-refractivity contribution in [3.8, 4) is 0 Å². The van der Waals surface area contributed by atoms with E-state index < -0.39 is 0 Å². The summed E-state index contributed by atoms with van der Waals surface area (Å²) in [5.74, 6) is -0.454. The summed E-state index contributed by atoms with van der Waals surface area (Å²) < 4.78 is 13.2. The van der Waals surface area contributed by atoms with E-state index in [0.29, 0.717) is 17.1 Å². The summed E-state index contributed by atoms with van der Waals surface area (Å²) in [5.41, 5.74) is 2.49. The lowest BCUT2D eigenvalue weighted by Crippen LogP contribution is -2.37. The van der Waals surface area contributed by atoms with Crippen LogP contribution in [0.5, 0.6) is 0 Å². The predicted octanol–water partition coefficient (Wildman–Crippen LogP) is 4.60. The van der Waals surface area contributed by atoms with Gasteiger partial charge in [0.2, 0.25) is 5.91 Å². The molecule has 0 saturated carbocycles. The van der Waals surface area contributed by atoms with Gasteiger partial charge in [-0.15, -0.1) is 0 Å². The topological polar surface area (TPSA) is 44.9 Å². The van der Waals surface area contributed by atoms with Gasteiger partial charge >= 0.3 is 0 Å². The first-order chi connectivity index (χ1) is 11.8. The molecule has 0 atom stereocenters. The molecule has 25 heavy (non-hydrogen) atoms. The van der Waals surface area contributed by atoms with Gasteiger partial charge in [0.1, 0.15) is 5.82 Å². The van der Waals surface area contributed by atoms with E-state index in [9.17, 15) is 9.18 Å². The zero-order chi connectivity index (χ0) is 18.0. The van der Waals surface area contributed by atoms with Crippen LogP contribution in [0.2, 0.25) is 5.02 Å². The smallest absolute Gasteiger partial charge is 0.224 e. The molecule has 3 nitrogen and oxygen atoms in total. The molecular weight excluding hydrogens is 339 g/mol. The van der Waals surface area contributed by atoms with Crippen LogP contribution in [-0.2, 0) is 16.6 Å². The molecule has 0 unspecified atom stereocenters. The highest BCUT2D eigenvalue weighted by atomic mass is 35.5. The minimum absolute atomic E-state index is 0.124. The molecule has 1 heterocycles. The minimum atomic E-state index is -0.330. The Morgan fingerprint density at radius 2 is 2.04 bits per heavy atom. The summed E-state index contributed by atoms with van der Waals surface area (Å²) in [6.45, 7) is 4.64. The maximum atomic E-state index is 13.2. The standard InChI is InChI=1S/C20H20ClFN2O/c1-20(2,17-11-23-18-10-14(21)6-7-16(17)18)12-24-19(25)9-13-4-3-5-15(22)8-13/h3-8,10-11,23H,9,12H2,1-2H3,(H,24,25). The molecule has 1 aromatic heterocycles. The quantitative estimate of drug-likeness (QED) is 0.688. The second-order valence-corrected chi connectivity index (χ2v) is 7.30. The average Bonchev–Trinajstić information content (AvgIpc) is 2.97. The van der Waals surface area contributed by atoms with Crippen LogP contribution in [-0.4, -0.2) is 17.4 Å². The van der Waals surface area contributed by atoms with Crippen molar-refractivity contribution >= 4 is 28.4 Å². The SMILES string of the molecule is CC(C)(CNC(=O)Cc1cccc(F)c1)c1c[nH]c2cc(Cl)ccc12. The number of carbonyl (C=O) groups excluding carboxylic acids is 1. The molecule has 3 aromatic rings. The molecule has 0 saturated heterocycles. The van der Waals surface area contributed by atoms with E-state index in [1.54, 1.807) is 12.1 Å². The van der Waals surface area contributed by atoms with Gasteiger partial charge in [-0.2, -0.15) is 0 Å². The number of amides is 1.